The number of carbonyl (C=O) groups excluding carboxylic acids is 11. The number of thioether (sulfide) groups is 1. The van der Waals surface area contributed by atoms with Crippen LogP contribution in [0.2, 0.25) is 0 Å². The summed E-state index contributed by atoms with van der Waals surface area (Å²) >= 11 is 1.44. The predicted octanol–water partition coefficient (Wildman–Crippen LogP) is 4.71. The fraction of sp³-hybridized carbons (Fsp3) is 0.812. The van der Waals surface area contributed by atoms with Crippen LogP contribution in [0.15, 0.2) is 12.2 Å². The van der Waals surface area contributed by atoms with Crippen LogP contribution in [-0.4, -0.2) is 262 Å². The fourth-order valence-electron chi connectivity index (χ4n) is 11.9. The van der Waals surface area contributed by atoms with E-state index in [2.05, 4.69) is 26.2 Å². The Morgan fingerprint density at radius 3 is 1.31 bits per heavy atom. The summed E-state index contributed by atoms with van der Waals surface area (Å²) in [5.74, 6) is -9.04. The van der Waals surface area contributed by atoms with Crippen molar-refractivity contribution in [2.45, 2.75) is 243 Å². The summed E-state index contributed by atoms with van der Waals surface area (Å²) < 4.78 is 0. The number of aliphatic hydroxyl groups excluding tert-OH is 1. The van der Waals surface area contributed by atoms with Crippen LogP contribution in [0.3, 0.4) is 0 Å². The van der Waals surface area contributed by atoms with E-state index in [4.69, 9.17) is 0 Å². The summed E-state index contributed by atoms with van der Waals surface area (Å²) in [6, 6.07) is -13.7. The summed E-state index contributed by atoms with van der Waals surface area (Å²) in [7, 11) is 10.1. The van der Waals surface area contributed by atoms with Crippen molar-refractivity contribution < 1.29 is 57.8 Å². The van der Waals surface area contributed by atoms with Gasteiger partial charge in [0.15, 0.2) is 0 Å². The standard InChI is InChI=1S/C69H126N12O12S/c1-27-31-32-46(17)58(82)57-62(86)72-49(28-2)64(88)78(24)54(39-94-34-33-81(29-3)30-4)67(91)74(20)51(36-41(7)8)61(85)73-55(44(13)14)68(92)75(21)50(35-40(5)6)60(84)70-47(18)59(83)71-48(19)63(87)76(22)52(37-42(9)10)65(89)77(23)53(38-43(11)12)66(90)79(25)56(45(15)16)69(93)80(57)26/h27,31,40-58,82H,28-30,32-39H2,1-26H3,(H,70,84)(H,71,83)(H,72,86)(H,73,85)/t46-,47-,48+,49-,50-,51+,52-,53-,54-,55-,56-,57-,58-/m1/s1. The van der Waals surface area contributed by atoms with Crippen molar-refractivity contribution in [1.82, 2.24) is 60.5 Å². The van der Waals surface area contributed by atoms with Crippen LogP contribution >= 0.6 is 11.8 Å². The molecule has 0 aromatic carbocycles. The monoisotopic (exact) mass is 1350 g/mol. The van der Waals surface area contributed by atoms with Gasteiger partial charge in [-0.05, 0) is 114 Å². The predicted molar refractivity (Wildman–Crippen MR) is 372 cm³/mol. The van der Waals surface area contributed by atoms with Gasteiger partial charge in [0, 0.05) is 67.4 Å². The third-order valence-electron chi connectivity index (χ3n) is 18.1. The molecule has 1 rings (SSSR count). The molecule has 11 amide bonds. The summed E-state index contributed by atoms with van der Waals surface area (Å²) in [5.41, 5.74) is 0. The first-order valence-corrected chi connectivity index (χ1v) is 35.4. The highest BCUT2D eigenvalue weighted by atomic mass is 32.2. The molecule has 5 N–H and O–H groups in total. The van der Waals surface area contributed by atoms with Crippen molar-refractivity contribution in [3.05, 3.63) is 12.2 Å². The second-order valence-corrected chi connectivity index (χ2v) is 29.6. The Morgan fingerprint density at radius 2 is 0.862 bits per heavy atom. The summed E-state index contributed by atoms with van der Waals surface area (Å²) in [5, 5.41) is 23.5. The molecule has 0 aromatic rings. The number of rotatable bonds is 22. The lowest BCUT2D eigenvalue weighted by Crippen LogP contribution is -2.64. The molecule has 13 atom stereocenters. The normalized spacial score (nSPS) is 26.3. The van der Waals surface area contributed by atoms with Crippen LogP contribution in [0.25, 0.3) is 0 Å². The third kappa shape index (κ3) is 24.7. The molecule has 540 valence electrons. The zero-order valence-corrected chi connectivity index (χ0v) is 63.1. The first-order valence-electron chi connectivity index (χ1n) is 34.3. The van der Waals surface area contributed by atoms with Crippen LogP contribution in [0.4, 0.5) is 0 Å². The molecule has 0 bridgehead atoms. The van der Waals surface area contributed by atoms with E-state index in [0.717, 1.165) is 18.0 Å². The molecule has 94 heavy (non-hydrogen) atoms. The van der Waals surface area contributed by atoms with Gasteiger partial charge in [-0.25, -0.2) is 0 Å². The highest BCUT2D eigenvalue weighted by Gasteiger charge is 2.46. The smallest absolute Gasteiger partial charge is 0.246 e. The average Bonchev–Trinajstić information content (AvgIpc) is 0.858. The van der Waals surface area contributed by atoms with Crippen LogP contribution < -0.4 is 21.3 Å². The van der Waals surface area contributed by atoms with Crippen molar-refractivity contribution in [2.24, 2.45) is 41.4 Å². The lowest BCUT2D eigenvalue weighted by atomic mass is 9.91. The average molecular weight is 1350 g/mol. The van der Waals surface area contributed by atoms with Crippen LogP contribution in [0.5, 0.6) is 0 Å². The number of likely N-dealkylation sites (N-methyl/N-ethyl adjacent to an activating group) is 7. The zero-order chi connectivity index (χ0) is 72.7. The molecule has 1 heterocycles. The van der Waals surface area contributed by atoms with Gasteiger partial charge in [0.1, 0.15) is 66.5 Å². The molecular weight excluding hydrogens is 1220 g/mol. The molecule has 0 saturated carbocycles. The Morgan fingerprint density at radius 1 is 0.457 bits per heavy atom. The van der Waals surface area contributed by atoms with Crippen molar-refractivity contribution in [3.8, 4) is 0 Å². The van der Waals surface area contributed by atoms with Gasteiger partial charge >= 0.3 is 0 Å². The quantitative estimate of drug-likeness (QED) is 0.0726. The van der Waals surface area contributed by atoms with Crippen LogP contribution in [0, 0.1) is 41.4 Å². The highest BCUT2D eigenvalue weighted by molar-refractivity contribution is 7.99. The third-order valence-corrected chi connectivity index (χ3v) is 19.1. The highest BCUT2D eigenvalue weighted by Crippen LogP contribution is 2.26. The molecule has 1 fully saturated rings. The van der Waals surface area contributed by atoms with E-state index in [-0.39, 0.29) is 61.5 Å². The van der Waals surface area contributed by atoms with E-state index in [1.165, 1.54) is 104 Å². The largest absolute Gasteiger partial charge is 0.390 e. The number of nitrogens with zero attached hydrogens (tertiary/aromatic N) is 8. The molecule has 25 heteroatoms. The minimum Gasteiger partial charge on any atom is -0.390 e. The maximum Gasteiger partial charge on any atom is 0.246 e. The first kappa shape index (κ1) is 86.2. The number of allylic oxidation sites excluding steroid dienone is 2. The Kier molecular flexibility index (Phi) is 37.3. The molecule has 1 saturated heterocycles. The van der Waals surface area contributed by atoms with E-state index in [9.17, 15) is 29.1 Å². The summed E-state index contributed by atoms with van der Waals surface area (Å²) in [4.78, 5) is 175. The first-order chi connectivity index (χ1) is 43.6. The van der Waals surface area contributed by atoms with Gasteiger partial charge in [-0.2, -0.15) is 11.8 Å². The van der Waals surface area contributed by atoms with Crippen LogP contribution in [0.1, 0.15) is 170 Å². The maximum absolute atomic E-state index is 15.4. The zero-order valence-electron chi connectivity index (χ0n) is 62.3. The summed E-state index contributed by atoms with van der Waals surface area (Å²) in [6.07, 6.45) is 3.01. The molecular formula is C69H126N12O12S. The van der Waals surface area contributed by atoms with Crippen molar-refractivity contribution in [1.29, 1.82) is 0 Å². The van der Waals surface area contributed by atoms with E-state index < -0.39 is 155 Å². The van der Waals surface area contributed by atoms with E-state index in [1.807, 2.05) is 82.2 Å². The molecule has 0 spiro atoms. The Hall–Kier alpha value is -5.82. The van der Waals surface area contributed by atoms with Gasteiger partial charge in [0.2, 0.25) is 65.0 Å². The SMILES string of the molecule is CC=CC[C@@H](C)[C@@H](O)[C@@H]1C(=O)N[C@H](CC)C(=O)N(C)[C@H](CSCCN(CC)CC)C(=O)N(C)[C@@H](CC(C)C)C(=O)N[C@H](C(C)C)C(=O)N(C)[C@H](CC(C)C)C(=O)N[C@H](C)C(=O)N[C@@H](C)C(=O)N(C)[C@H](CC(C)C)C(=O)N(C)[C@H](CC(C)C)C(=O)N(C)[C@H](C(C)C)C(=O)N1C. The molecule has 1 aliphatic heterocycles. The fourth-order valence-corrected chi connectivity index (χ4v) is 13.1. The van der Waals surface area contributed by atoms with Gasteiger partial charge in [0.05, 0.1) is 6.10 Å². The maximum atomic E-state index is 15.4. The summed E-state index contributed by atoms with van der Waals surface area (Å²) in [6.45, 7) is 36.5. The lowest BCUT2D eigenvalue weighted by Gasteiger charge is -2.41. The minimum absolute atomic E-state index is 0.0108. The number of amides is 11. The lowest BCUT2D eigenvalue weighted by molar-refractivity contribution is -0.157. The van der Waals surface area contributed by atoms with E-state index in [0.29, 0.717) is 18.7 Å². The Balaban J connectivity index is 4.55. The van der Waals surface area contributed by atoms with Gasteiger partial charge in [0.25, 0.3) is 0 Å². The van der Waals surface area contributed by atoms with Gasteiger partial charge in [-0.1, -0.05) is 123 Å². The van der Waals surface area contributed by atoms with E-state index >= 15 is 28.8 Å². The van der Waals surface area contributed by atoms with Crippen molar-refractivity contribution in [3.63, 3.8) is 0 Å². The second kappa shape index (κ2) is 40.7. The number of nitrogens with one attached hydrogen (secondary N) is 4. The number of hydrogen-bond acceptors (Lipinski definition) is 14. The number of aliphatic hydroxyl groups is 1. The second-order valence-electron chi connectivity index (χ2n) is 28.4. The Labute approximate surface area is 569 Å². The topological polar surface area (TPSA) is 282 Å². The van der Waals surface area contributed by atoms with Gasteiger partial charge in [-0.3, -0.25) is 52.7 Å². The molecule has 24 nitrogen and oxygen atoms in total. The molecule has 0 aliphatic carbocycles. The number of hydrogen-bond donors (Lipinski definition) is 5. The van der Waals surface area contributed by atoms with Gasteiger partial charge < -0.3 is 65.6 Å². The minimum atomic E-state index is -1.63. The van der Waals surface area contributed by atoms with Crippen LogP contribution in [-0.2, 0) is 52.7 Å². The molecule has 0 aromatic heterocycles. The van der Waals surface area contributed by atoms with Gasteiger partial charge in [-0.15, -0.1) is 0 Å². The number of carbonyl (C=O) groups is 11. The van der Waals surface area contributed by atoms with Crippen molar-refractivity contribution >= 4 is 76.7 Å². The van der Waals surface area contributed by atoms with Crippen molar-refractivity contribution in [2.75, 3.05) is 80.5 Å². The molecule has 0 unspecified atom stereocenters. The molecule has 0 radical (unpaired) electrons. The molecule has 1 aliphatic rings. The van der Waals surface area contributed by atoms with E-state index in [1.54, 1.807) is 47.6 Å². The Bertz CT molecular complexity index is 2530.